The van der Waals surface area contributed by atoms with E-state index < -0.39 is 5.82 Å². The van der Waals surface area contributed by atoms with Crippen LogP contribution in [0, 0.1) is 12.7 Å². The van der Waals surface area contributed by atoms with Gasteiger partial charge in [-0.15, -0.1) is 0 Å². The first-order chi connectivity index (χ1) is 10.1. The molecule has 0 bridgehead atoms. The zero-order valence-corrected chi connectivity index (χ0v) is 13.1. The fourth-order valence-corrected chi connectivity index (χ4v) is 2.60. The van der Waals surface area contributed by atoms with E-state index in [1.807, 2.05) is 6.07 Å². The van der Waals surface area contributed by atoms with Gasteiger partial charge in [-0.1, -0.05) is 35.4 Å². The van der Waals surface area contributed by atoms with Crippen LogP contribution in [0.3, 0.4) is 0 Å². The Labute approximate surface area is 130 Å². The third-order valence-electron chi connectivity index (χ3n) is 3.63. The largest absolute Gasteiger partial charge is 0.363 e. The van der Waals surface area contributed by atoms with E-state index in [0.29, 0.717) is 6.54 Å². The molecule has 0 aromatic heterocycles. The van der Waals surface area contributed by atoms with Crippen molar-refractivity contribution in [3.05, 3.63) is 64.4 Å². The molecule has 0 saturated carbocycles. The number of hydrogen-bond acceptors (Lipinski definition) is 2. The van der Waals surface area contributed by atoms with Crippen molar-refractivity contribution >= 4 is 17.3 Å². The first-order valence-electron chi connectivity index (χ1n) is 7.05. The summed E-state index contributed by atoms with van der Waals surface area (Å²) in [6, 6.07) is 13.1. The molecule has 2 N–H and O–H groups in total. The summed E-state index contributed by atoms with van der Waals surface area (Å²) >= 11 is 5.76. The highest BCUT2D eigenvalue weighted by atomic mass is 35.5. The minimum Gasteiger partial charge on any atom is -0.363 e. The number of hydrogen-bond donors (Lipinski definition) is 1. The van der Waals surface area contributed by atoms with Crippen LogP contribution < -0.4 is 10.6 Å². The summed E-state index contributed by atoms with van der Waals surface area (Å²) in [5, 5.41) is 0.132. The van der Waals surface area contributed by atoms with Crippen LogP contribution in [0.4, 0.5) is 10.1 Å². The lowest BCUT2D eigenvalue weighted by atomic mass is 10.0. The Kier molecular flexibility index (Phi) is 5.21. The Morgan fingerprint density at radius 1 is 1.19 bits per heavy atom. The molecule has 0 aliphatic heterocycles. The van der Waals surface area contributed by atoms with Crippen molar-refractivity contribution in [2.45, 2.75) is 19.9 Å². The maximum atomic E-state index is 13.7. The molecule has 0 saturated heterocycles. The lowest BCUT2D eigenvalue weighted by Gasteiger charge is -2.32. The van der Waals surface area contributed by atoms with Gasteiger partial charge >= 0.3 is 0 Å². The number of nitrogens with two attached hydrogens (primary N) is 1. The molecule has 0 aliphatic rings. The lowest BCUT2D eigenvalue weighted by molar-refractivity contribution is 0.607. The van der Waals surface area contributed by atoms with E-state index in [-0.39, 0.29) is 11.1 Å². The lowest BCUT2D eigenvalue weighted by Crippen LogP contribution is -2.33. The van der Waals surface area contributed by atoms with E-state index in [4.69, 9.17) is 17.3 Å². The fourth-order valence-electron chi connectivity index (χ4n) is 2.48. The Morgan fingerprint density at radius 2 is 1.86 bits per heavy atom. The van der Waals surface area contributed by atoms with Crippen LogP contribution in [0.15, 0.2) is 42.5 Å². The predicted octanol–water partition coefficient (Wildman–Crippen LogP) is 4.31. The zero-order valence-electron chi connectivity index (χ0n) is 12.3. The first kappa shape index (κ1) is 15.8. The second-order valence-corrected chi connectivity index (χ2v) is 5.45. The van der Waals surface area contributed by atoms with Crippen LogP contribution in [0.1, 0.15) is 24.1 Å². The topological polar surface area (TPSA) is 29.3 Å². The van der Waals surface area contributed by atoms with E-state index in [1.54, 1.807) is 6.07 Å². The molecule has 0 heterocycles. The third kappa shape index (κ3) is 3.55. The van der Waals surface area contributed by atoms with Crippen LogP contribution in [-0.4, -0.2) is 13.1 Å². The molecule has 2 aromatic carbocycles. The van der Waals surface area contributed by atoms with Crippen LogP contribution in [0.2, 0.25) is 5.02 Å². The van der Waals surface area contributed by atoms with Crippen molar-refractivity contribution in [2.24, 2.45) is 5.73 Å². The van der Waals surface area contributed by atoms with Gasteiger partial charge in [0, 0.05) is 18.8 Å². The number of nitrogens with zero attached hydrogens (tertiary/aromatic N) is 1. The molecule has 2 nitrogen and oxygen atoms in total. The van der Waals surface area contributed by atoms with Crippen molar-refractivity contribution in [1.82, 2.24) is 0 Å². The number of benzene rings is 2. The van der Waals surface area contributed by atoms with E-state index in [2.05, 4.69) is 43.0 Å². The van der Waals surface area contributed by atoms with Crippen LogP contribution >= 0.6 is 11.6 Å². The van der Waals surface area contributed by atoms with Gasteiger partial charge in [-0.2, -0.15) is 0 Å². The van der Waals surface area contributed by atoms with Gasteiger partial charge in [0.15, 0.2) is 0 Å². The smallest absolute Gasteiger partial charge is 0.142 e. The van der Waals surface area contributed by atoms with Gasteiger partial charge in [0.25, 0.3) is 0 Å². The highest BCUT2D eigenvalue weighted by Gasteiger charge is 2.19. The molecule has 21 heavy (non-hydrogen) atoms. The van der Waals surface area contributed by atoms with Gasteiger partial charge < -0.3 is 10.6 Å². The summed E-state index contributed by atoms with van der Waals surface area (Å²) < 4.78 is 13.7. The van der Waals surface area contributed by atoms with Crippen molar-refractivity contribution in [2.75, 3.05) is 18.0 Å². The highest BCUT2D eigenvalue weighted by molar-refractivity contribution is 6.30. The van der Waals surface area contributed by atoms with E-state index in [1.165, 1.54) is 11.6 Å². The van der Waals surface area contributed by atoms with E-state index in [9.17, 15) is 4.39 Å². The average Bonchev–Trinajstić information content (AvgIpc) is 2.49. The zero-order chi connectivity index (χ0) is 15.4. The van der Waals surface area contributed by atoms with Crippen molar-refractivity contribution in [3.63, 3.8) is 0 Å². The monoisotopic (exact) mass is 306 g/mol. The number of likely N-dealkylation sites (N-methyl/N-ethyl adjacent to an activating group) is 1. The van der Waals surface area contributed by atoms with Crippen molar-refractivity contribution in [1.29, 1.82) is 0 Å². The van der Waals surface area contributed by atoms with Crippen molar-refractivity contribution < 1.29 is 4.39 Å². The molecular formula is C17H20ClFN2. The second kappa shape index (κ2) is 6.92. The van der Waals surface area contributed by atoms with E-state index in [0.717, 1.165) is 17.8 Å². The predicted molar refractivity (Wildman–Crippen MR) is 87.4 cm³/mol. The number of anilines is 1. The number of aryl methyl sites for hydroxylation is 1. The van der Waals surface area contributed by atoms with Gasteiger partial charge in [-0.3, -0.25) is 0 Å². The van der Waals surface area contributed by atoms with Gasteiger partial charge in [-0.05, 0) is 43.7 Å². The van der Waals surface area contributed by atoms with Gasteiger partial charge in [0.05, 0.1) is 11.1 Å². The molecule has 4 heteroatoms. The number of halogens is 2. The molecule has 2 rings (SSSR count). The maximum Gasteiger partial charge on any atom is 0.142 e. The second-order valence-electron chi connectivity index (χ2n) is 5.05. The minimum atomic E-state index is -0.410. The average molecular weight is 307 g/mol. The SMILES string of the molecule is CCN(c1ccc(C)cc1)C(CN)c1ccc(Cl)c(F)c1. The molecule has 0 aliphatic carbocycles. The Balaban J connectivity index is 2.36. The summed E-state index contributed by atoms with van der Waals surface area (Å²) in [4.78, 5) is 2.17. The molecule has 2 aromatic rings. The Morgan fingerprint density at radius 3 is 2.38 bits per heavy atom. The minimum absolute atomic E-state index is 0.0792. The molecule has 0 fully saturated rings. The van der Waals surface area contributed by atoms with Crippen LogP contribution in [0.25, 0.3) is 0 Å². The molecular weight excluding hydrogens is 287 g/mol. The fraction of sp³-hybridized carbons (Fsp3) is 0.294. The van der Waals surface area contributed by atoms with Gasteiger partial charge in [0.1, 0.15) is 5.82 Å². The van der Waals surface area contributed by atoms with Crippen LogP contribution in [0.5, 0.6) is 0 Å². The summed E-state index contributed by atoms with van der Waals surface area (Å²) in [7, 11) is 0. The first-order valence-corrected chi connectivity index (χ1v) is 7.43. The summed E-state index contributed by atoms with van der Waals surface area (Å²) in [5.41, 5.74) is 9.06. The quantitative estimate of drug-likeness (QED) is 0.891. The summed E-state index contributed by atoms with van der Waals surface area (Å²) in [6.07, 6.45) is 0. The van der Waals surface area contributed by atoms with Gasteiger partial charge in [-0.25, -0.2) is 4.39 Å². The Hall–Kier alpha value is -1.58. The Bertz CT molecular complexity index is 598. The summed E-state index contributed by atoms with van der Waals surface area (Å²) in [5.74, 6) is -0.410. The van der Waals surface area contributed by atoms with Gasteiger partial charge in [0.2, 0.25) is 0 Å². The normalized spacial score (nSPS) is 12.2. The standard InChI is InChI=1S/C17H20ClFN2/c1-3-21(14-7-4-12(2)5-8-14)17(11-20)13-6-9-15(18)16(19)10-13/h4-10,17H,3,11,20H2,1-2H3. The third-order valence-corrected chi connectivity index (χ3v) is 3.94. The molecule has 0 amide bonds. The molecule has 1 atom stereocenters. The molecule has 112 valence electrons. The summed E-state index contributed by atoms with van der Waals surface area (Å²) in [6.45, 7) is 5.31. The highest BCUT2D eigenvalue weighted by Crippen LogP contribution is 2.28. The van der Waals surface area contributed by atoms with Crippen molar-refractivity contribution in [3.8, 4) is 0 Å². The molecule has 1 unspecified atom stereocenters. The molecule has 0 spiro atoms. The maximum absolute atomic E-state index is 13.7. The van der Waals surface area contributed by atoms with E-state index >= 15 is 0 Å². The van der Waals surface area contributed by atoms with Crippen LogP contribution in [-0.2, 0) is 0 Å². The number of rotatable bonds is 5. The molecule has 0 radical (unpaired) electrons.